The summed E-state index contributed by atoms with van der Waals surface area (Å²) in [6, 6.07) is 10.0. The first-order valence-corrected chi connectivity index (χ1v) is 9.85. The molecule has 26 heavy (non-hydrogen) atoms. The molecule has 1 aromatic heterocycles. The predicted molar refractivity (Wildman–Crippen MR) is 104 cm³/mol. The van der Waals surface area contributed by atoms with Gasteiger partial charge in [-0.3, -0.25) is 9.59 Å². The Morgan fingerprint density at radius 3 is 2.73 bits per heavy atom. The van der Waals surface area contributed by atoms with Gasteiger partial charge in [-0.05, 0) is 18.9 Å². The normalized spacial score (nSPS) is 17.2. The fourth-order valence-corrected chi connectivity index (χ4v) is 4.09. The van der Waals surface area contributed by atoms with Crippen molar-refractivity contribution in [2.24, 2.45) is 0 Å². The van der Waals surface area contributed by atoms with Gasteiger partial charge in [0.05, 0.1) is 16.7 Å². The Kier molecular flexibility index (Phi) is 5.71. The van der Waals surface area contributed by atoms with Crippen LogP contribution < -0.4 is 5.32 Å². The van der Waals surface area contributed by atoms with Crippen molar-refractivity contribution in [1.82, 2.24) is 15.2 Å². The van der Waals surface area contributed by atoms with Crippen molar-refractivity contribution in [3.8, 4) is 0 Å². The van der Waals surface area contributed by atoms with Gasteiger partial charge in [-0.15, -0.1) is 11.3 Å². The molecule has 1 aromatic carbocycles. The van der Waals surface area contributed by atoms with Crippen molar-refractivity contribution in [1.29, 1.82) is 0 Å². The number of hydrogen-bond donors (Lipinski definition) is 1. The van der Waals surface area contributed by atoms with E-state index in [1.54, 1.807) is 0 Å². The number of nitrogens with one attached hydrogen (secondary N) is 1. The maximum Gasteiger partial charge on any atom is 0.263 e. The van der Waals surface area contributed by atoms with Crippen molar-refractivity contribution >= 4 is 23.2 Å². The number of nitrogens with zero attached hydrogens (tertiary/aromatic N) is 2. The number of amides is 2. The average molecular weight is 372 g/mol. The van der Waals surface area contributed by atoms with E-state index >= 15 is 0 Å². The molecular weight excluding hydrogens is 346 g/mol. The number of hydrogen-bond acceptors (Lipinski definition) is 4. The molecule has 1 saturated heterocycles. The predicted octanol–water partition coefficient (Wildman–Crippen LogP) is 3.15. The molecule has 1 fully saturated rings. The van der Waals surface area contributed by atoms with E-state index in [-0.39, 0.29) is 17.9 Å². The van der Waals surface area contributed by atoms with Gasteiger partial charge >= 0.3 is 0 Å². The highest BCUT2D eigenvalue weighted by molar-refractivity contribution is 7.13. The summed E-state index contributed by atoms with van der Waals surface area (Å²) < 4.78 is 0. The van der Waals surface area contributed by atoms with Gasteiger partial charge in [-0.1, -0.05) is 44.2 Å². The summed E-state index contributed by atoms with van der Waals surface area (Å²) >= 11 is 1.45. The fraction of sp³-hybridized carbons (Fsp3) is 0.450. The van der Waals surface area contributed by atoms with E-state index in [0.717, 1.165) is 17.1 Å². The molecule has 5 nitrogen and oxygen atoms in total. The monoisotopic (exact) mass is 371 g/mol. The van der Waals surface area contributed by atoms with E-state index in [4.69, 9.17) is 0 Å². The average Bonchev–Trinajstić information content (AvgIpc) is 3.16. The maximum absolute atomic E-state index is 12.6. The van der Waals surface area contributed by atoms with Crippen LogP contribution >= 0.6 is 11.3 Å². The van der Waals surface area contributed by atoms with E-state index in [1.807, 2.05) is 30.0 Å². The first kappa shape index (κ1) is 18.6. The topological polar surface area (TPSA) is 62.3 Å². The summed E-state index contributed by atoms with van der Waals surface area (Å²) in [7, 11) is 0. The van der Waals surface area contributed by atoms with Crippen LogP contribution in [0, 0.1) is 6.92 Å². The zero-order valence-corrected chi connectivity index (χ0v) is 16.3. The Labute approximate surface area is 158 Å². The van der Waals surface area contributed by atoms with E-state index in [9.17, 15) is 9.59 Å². The van der Waals surface area contributed by atoms with Gasteiger partial charge in [0.2, 0.25) is 5.91 Å². The standard InChI is InChI=1S/C20H25N3O2S/c1-13(2)20-21-14(3)18(26-20)19(25)22-16-11-17(24)23(12-16)10-9-15-7-5-4-6-8-15/h4-8,13,16H,9-12H2,1-3H3,(H,22,25)/t16-/m0/s1. The van der Waals surface area contributed by atoms with Gasteiger partial charge in [0.25, 0.3) is 5.91 Å². The highest BCUT2D eigenvalue weighted by Gasteiger charge is 2.31. The Bertz CT molecular complexity index is 786. The molecule has 1 aliphatic heterocycles. The molecule has 138 valence electrons. The van der Waals surface area contributed by atoms with Crippen molar-refractivity contribution in [2.45, 2.75) is 45.6 Å². The number of aromatic nitrogens is 1. The number of carbonyl (C=O) groups excluding carboxylic acids is 2. The number of rotatable bonds is 6. The van der Waals surface area contributed by atoms with Crippen molar-refractivity contribution in [3.63, 3.8) is 0 Å². The van der Waals surface area contributed by atoms with Crippen LogP contribution in [0.4, 0.5) is 0 Å². The quantitative estimate of drug-likeness (QED) is 0.848. The van der Waals surface area contributed by atoms with Gasteiger partial charge in [0.1, 0.15) is 4.88 Å². The van der Waals surface area contributed by atoms with Gasteiger partial charge < -0.3 is 10.2 Å². The third kappa shape index (κ3) is 4.30. The third-order valence-electron chi connectivity index (χ3n) is 4.58. The zero-order valence-electron chi connectivity index (χ0n) is 15.5. The van der Waals surface area contributed by atoms with Crippen LogP contribution in [0.3, 0.4) is 0 Å². The molecule has 0 saturated carbocycles. The largest absolute Gasteiger partial charge is 0.346 e. The molecule has 1 N–H and O–H groups in total. The molecule has 1 atom stereocenters. The maximum atomic E-state index is 12.6. The van der Waals surface area contributed by atoms with Crippen LogP contribution in [0.25, 0.3) is 0 Å². The Balaban J connectivity index is 1.56. The minimum absolute atomic E-state index is 0.107. The molecule has 0 bridgehead atoms. The van der Waals surface area contributed by atoms with Gasteiger partial charge in [-0.2, -0.15) is 0 Å². The van der Waals surface area contributed by atoms with E-state index < -0.39 is 0 Å². The lowest BCUT2D eigenvalue weighted by Gasteiger charge is -2.17. The van der Waals surface area contributed by atoms with Crippen molar-refractivity contribution < 1.29 is 9.59 Å². The lowest BCUT2D eigenvalue weighted by atomic mass is 10.1. The second-order valence-corrected chi connectivity index (χ2v) is 8.10. The molecule has 0 aliphatic carbocycles. The summed E-state index contributed by atoms with van der Waals surface area (Å²) in [6.45, 7) is 7.27. The molecular formula is C20H25N3O2S. The summed E-state index contributed by atoms with van der Waals surface area (Å²) in [4.78, 5) is 31.8. The lowest BCUT2D eigenvalue weighted by Crippen LogP contribution is -2.37. The van der Waals surface area contributed by atoms with Crippen molar-refractivity contribution in [3.05, 3.63) is 51.5 Å². The molecule has 0 radical (unpaired) electrons. The summed E-state index contributed by atoms with van der Waals surface area (Å²) in [5, 5.41) is 3.99. The number of carbonyl (C=O) groups is 2. The van der Waals surface area contributed by atoms with Crippen LogP contribution in [0.15, 0.2) is 30.3 Å². The van der Waals surface area contributed by atoms with Crippen molar-refractivity contribution in [2.75, 3.05) is 13.1 Å². The van der Waals surface area contributed by atoms with Gasteiger partial charge in [-0.25, -0.2) is 4.98 Å². The van der Waals surface area contributed by atoms with Crippen LogP contribution in [0.5, 0.6) is 0 Å². The SMILES string of the molecule is Cc1nc(C(C)C)sc1C(=O)N[C@H]1CC(=O)N(CCc2ccccc2)C1. The molecule has 0 spiro atoms. The minimum Gasteiger partial charge on any atom is -0.346 e. The second-order valence-electron chi connectivity index (χ2n) is 7.07. The highest BCUT2D eigenvalue weighted by atomic mass is 32.1. The molecule has 6 heteroatoms. The molecule has 3 rings (SSSR count). The first-order chi connectivity index (χ1) is 12.4. The van der Waals surface area contributed by atoms with E-state index in [2.05, 4.69) is 36.3 Å². The Morgan fingerprint density at radius 1 is 1.35 bits per heavy atom. The van der Waals surface area contributed by atoms with Crippen LogP contribution in [0.1, 0.15) is 52.1 Å². The number of benzene rings is 1. The highest BCUT2D eigenvalue weighted by Crippen LogP contribution is 2.25. The Hall–Kier alpha value is -2.21. The van der Waals surface area contributed by atoms with Gasteiger partial charge in [0, 0.05) is 25.4 Å². The number of aryl methyl sites for hydroxylation is 1. The smallest absolute Gasteiger partial charge is 0.263 e. The van der Waals surface area contributed by atoms with Crippen LogP contribution in [-0.2, 0) is 11.2 Å². The van der Waals surface area contributed by atoms with Gasteiger partial charge in [0.15, 0.2) is 0 Å². The summed E-state index contributed by atoms with van der Waals surface area (Å²) in [6.07, 6.45) is 1.20. The molecule has 2 amide bonds. The molecule has 0 unspecified atom stereocenters. The van der Waals surface area contributed by atoms with E-state index in [0.29, 0.717) is 30.3 Å². The lowest BCUT2D eigenvalue weighted by molar-refractivity contribution is -0.127. The second kappa shape index (κ2) is 7.99. The molecule has 1 aliphatic rings. The molecule has 2 aromatic rings. The van der Waals surface area contributed by atoms with Crippen LogP contribution in [0.2, 0.25) is 0 Å². The number of thiazole rings is 1. The summed E-state index contributed by atoms with van der Waals surface area (Å²) in [5.74, 6) is 0.298. The molecule has 2 heterocycles. The first-order valence-electron chi connectivity index (χ1n) is 9.04. The van der Waals surface area contributed by atoms with Crippen LogP contribution in [-0.4, -0.2) is 40.8 Å². The third-order valence-corrected chi connectivity index (χ3v) is 6.03. The minimum atomic E-state index is -0.130. The summed E-state index contributed by atoms with van der Waals surface area (Å²) in [5.41, 5.74) is 1.98. The van der Waals surface area contributed by atoms with E-state index in [1.165, 1.54) is 16.9 Å². The Morgan fingerprint density at radius 2 is 2.08 bits per heavy atom. The zero-order chi connectivity index (χ0) is 18.7. The number of likely N-dealkylation sites (tertiary alicyclic amines) is 1. The fourth-order valence-electron chi connectivity index (χ4n) is 3.12.